The summed E-state index contributed by atoms with van der Waals surface area (Å²) in [5, 5.41) is 16.1. The van der Waals surface area contributed by atoms with E-state index in [4.69, 9.17) is 10.5 Å². The molecule has 0 heterocycles. The van der Waals surface area contributed by atoms with E-state index < -0.39 is 0 Å². The van der Waals surface area contributed by atoms with Crippen LogP contribution >= 0.6 is 25.3 Å². The van der Waals surface area contributed by atoms with Gasteiger partial charge in [0.05, 0.1) is 0 Å². The Hall–Kier alpha value is 0.420. The molecule has 0 rings (SSSR count). The van der Waals surface area contributed by atoms with Crippen LogP contribution in [0.25, 0.3) is 0 Å². The number of hydrogen-bond donors (Lipinski definition) is 2. The van der Waals surface area contributed by atoms with Gasteiger partial charge < -0.3 is 1.43 Å². The fraction of sp³-hybridized carbons (Fsp3) is 0. The zero-order valence-electron chi connectivity index (χ0n) is 5.79. The monoisotopic (exact) mass is 166 g/mol. The van der Waals surface area contributed by atoms with Crippen molar-refractivity contribution in [3.8, 4) is 12.1 Å². The normalized spacial score (nSPS) is 9.78. The van der Waals surface area contributed by atoms with Gasteiger partial charge in [0.15, 0.2) is 0 Å². The van der Waals surface area contributed by atoms with Gasteiger partial charge in [-0.1, -0.05) is 0 Å². The predicted molar refractivity (Wildman–Crippen MR) is 37.3 cm³/mol. The average molecular weight is 166 g/mol. The maximum Gasteiger partial charge on any atom is 1.00 e. The molecule has 0 aromatic carbocycles. The van der Waals surface area contributed by atoms with Gasteiger partial charge in [0.2, 0.25) is 0 Å². The Morgan fingerprint density at radius 1 is 1.11 bits per heavy atom. The smallest absolute Gasteiger partial charge is 1.00 e. The van der Waals surface area contributed by atoms with E-state index in [1.54, 1.807) is 12.1 Å². The molecule has 0 saturated heterocycles. The molecular formula is C4H3N2NaS2. The van der Waals surface area contributed by atoms with E-state index >= 15 is 0 Å². The van der Waals surface area contributed by atoms with E-state index in [1.165, 1.54) is 0 Å². The molecule has 0 radical (unpaired) electrons. The van der Waals surface area contributed by atoms with Crippen LogP contribution in [0.15, 0.2) is 9.81 Å². The predicted octanol–water partition coefficient (Wildman–Crippen LogP) is -1.78. The molecule has 0 unspecified atom stereocenters. The zero-order chi connectivity index (χ0) is 6.57. The van der Waals surface area contributed by atoms with Gasteiger partial charge in [-0.2, -0.15) is 10.5 Å². The second-order valence-corrected chi connectivity index (χ2v) is 1.82. The number of nitriles is 2. The average Bonchev–Trinajstić information content (AvgIpc) is 1.84. The molecule has 0 aromatic rings. The van der Waals surface area contributed by atoms with E-state index in [0.29, 0.717) is 0 Å². The molecule has 0 saturated carbocycles. The third-order valence-electron chi connectivity index (χ3n) is 0.436. The van der Waals surface area contributed by atoms with Gasteiger partial charge in [-0.25, -0.2) is 0 Å². The molecule has 0 aromatic heterocycles. The summed E-state index contributed by atoms with van der Waals surface area (Å²) in [7, 11) is 0. The molecule has 0 aliphatic carbocycles. The Morgan fingerprint density at radius 2 is 1.33 bits per heavy atom. The fourth-order valence-electron chi connectivity index (χ4n) is 0.106. The van der Waals surface area contributed by atoms with Crippen molar-refractivity contribution in [1.29, 1.82) is 10.5 Å². The van der Waals surface area contributed by atoms with Gasteiger partial charge in [0, 0.05) is 0 Å². The zero-order valence-corrected chi connectivity index (χ0v) is 8.58. The van der Waals surface area contributed by atoms with Gasteiger partial charge >= 0.3 is 29.6 Å². The van der Waals surface area contributed by atoms with Gasteiger partial charge in [-0.05, 0) is 0 Å². The summed E-state index contributed by atoms with van der Waals surface area (Å²) in [6, 6.07) is 3.32. The van der Waals surface area contributed by atoms with Crippen molar-refractivity contribution < 1.29 is 31.0 Å². The minimum atomic E-state index is 0. The van der Waals surface area contributed by atoms with Crippen LogP contribution in [0.4, 0.5) is 0 Å². The molecule has 5 heteroatoms. The molecule has 0 aliphatic rings. The maximum absolute atomic E-state index is 8.05. The third kappa shape index (κ3) is 4.90. The minimum Gasteiger partial charge on any atom is -1.00 e. The number of allylic oxidation sites excluding steroid dienone is 2. The summed E-state index contributed by atoms with van der Waals surface area (Å²) in [4.78, 5) is 0.103. The summed E-state index contributed by atoms with van der Waals surface area (Å²) >= 11 is 7.25. The van der Waals surface area contributed by atoms with Crippen LogP contribution < -0.4 is 29.6 Å². The molecule has 0 amide bonds. The van der Waals surface area contributed by atoms with Crippen LogP contribution in [0, 0.1) is 22.7 Å². The Kier molecular flexibility index (Phi) is 8.81. The molecule has 42 valence electrons. The van der Waals surface area contributed by atoms with E-state index in [2.05, 4.69) is 25.3 Å². The Morgan fingerprint density at radius 3 is 1.44 bits per heavy atom. The molecule has 0 N–H and O–H groups in total. The third-order valence-corrected chi connectivity index (χ3v) is 1.26. The topological polar surface area (TPSA) is 47.6 Å². The van der Waals surface area contributed by atoms with Crippen molar-refractivity contribution in [1.82, 2.24) is 0 Å². The van der Waals surface area contributed by atoms with Gasteiger partial charge in [-0.3, -0.25) is 0 Å². The van der Waals surface area contributed by atoms with Gasteiger partial charge in [-0.15, -0.1) is 25.3 Å². The van der Waals surface area contributed by atoms with Crippen LogP contribution in [0.2, 0.25) is 0 Å². The van der Waals surface area contributed by atoms with Crippen LogP contribution in [0.5, 0.6) is 0 Å². The second-order valence-electron chi connectivity index (χ2n) is 0.921. The number of nitrogens with zero attached hydrogens (tertiary/aromatic N) is 2. The van der Waals surface area contributed by atoms with E-state index in [9.17, 15) is 0 Å². The van der Waals surface area contributed by atoms with E-state index in [0.717, 1.165) is 0 Å². The summed E-state index contributed by atoms with van der Waals surface area (Å²) in [5.41, 5.74) is 0. The Balaban J connectivity index is -0.000000245. The first-order valence-corrected chi connectivity index (χ1v) is 2.54. The second kappa shape index (κ2) is 6.54. The number of thiol groups is 2. The van der Waals surface area contributed by atoms with Crippen LogP contribution in [-0.2, 0) is 0 Å². The summed E-state index contributed by atoms with van der Waals surface area (Å²) in [6.07, 6.45) is 0. The summed E-state index contributed by atoms with van der Waals surface area (Å²) in [5.74, 6) is 0. The molecule has 0 fully saturated rings. The number of rotatable bonds is 0. The largest absolute Gasteiger partial charge is 1.00 e. The quantitative estimate of drug-likeness (QED) is 0.254. The molecule has 2 nitrogen and oxygen atoms in total. The molecule has 0 aliphatic heterocycles. The molecule has 0 bridgehead atoms. The number of hydrogen-bond acceptors (Lipinski definition) is 4. The van der Waals surface area contributed by atoms with E-state index in [1.807, 2.05) is 0 Å². The van der Waals surface area contributed by atoms with Gasteiger partial charge in [0.25, 0.3) is 0 Å². The van der Waals surface area contributed by atoms with Crippen LogP contribution in [0.1, 0.15) is 1.43 Å². The van der Waals surface area contributed by atoms with Crippen molar-refractivity contribution >= 4 is 25.3 Å². The van der Waals surface area contributed by atoms with Crippen molar-refractivity contribution in [3.05, 3.63) is 9.81 Å². The van der Waals surface area contributed by atoms with Crippen molar-refractivity contribution in [3.63, 3.8) is 0 Å². The SMILES string of the molecule is N#C/C(S)=C(\S)C#N.[H-].[Na+]. The molecule has 0 atom stereocenters. The van der Waals surface area contributed by atoms with Crippen molar-refractivity contribution in [2.45, 2.75) is 0 Å². The van der Waals surface area contributed by atoms with E-state index in [-0.39, 0.29) is 40.8 Å². The van der Waals surface area contributed by atoms with Crippen molar-refractivity contribution in [2.24, 2.45) is 0 Å². The summed E-state index contributed by atoms with van der Waals surface area (Å²) in [6.45, 7) is 0. The summed E-state index contributed by atoms with van der Waals surface area (Å²) < 4.78 is 0. The minimum absolute atomic E-state index is 0. The standard InChI is InChI=1S/C4H2N2S2.Na.H/c5-1-3(7)4(8)2-6;;/h7-8H;;/q;+1;-1/b4-3+;;. The van der Waals surface area contributed by atoms with Crippen LogP contribution in [-0.4, -0.2) is 0 Å². The Labute approximate surface area is 88.1 Å². The first-order chi connectivity index (χ1) is 3.72. The maximum atomic E-state index is 8.05. The molecular weight excluding hydrogens is 163 g/mol. The Bertz CT molecular complexity index is 180. The first kappa shape index (κ1) is 12.1. The first-order valence-electron chi connectivity index (χ1n) is 1.64. The van der Waals surface area contributed by atoms with Crippen molar-refractivity contribution in [2.75, 3.05) is 0 Å². The fourth-order valence-corrected chi connectivity index (χ4v) is 0.206. The van der Waals surface area contributed by atoms with Crippen LogP contribution in [0.3, 0.4) is 0 Å². The molecule has 0 spiro atoms. The van der Waals surface area contributed by atoms with Gasteiger partial charge in [0.1, 0.15) is 21.9 Å². The molecule has 9 heavy (non-hydrogen) atoms.